The van der Waals surface area contributed by atoms with E-state index in [4.69, 9.17) is 9.47 Å². The lowest BCUT2D eigenvalue weighted by Gasteiger charge is -2.52. The first-order chi connectivity index (χ1) is 15.5. The largest absolute Gasteiger partial charge is 0.494 e. The zero-order valence-corrected chi connectivity index (χ0v) is 19.1. The number of piperidine rings is 1. The number of amides is 1. The maximum atomic E-state index is 13.5. The van der Waals surface area contributed by atoms with Gasteiger partial charge < -0.3 is 19.3 Å². The van der Waals surface area contributed by atoms with Crippen LogP contribution in [0.15, 0.2) is 48.5 Å². The Balaban J connectivity index is 1.59. The molecular weight excluding hydrogens is 407 g/mol. The molecule has 172 valence electrons. The van der Waals surface area contributed by atoms with Crippen LogP contribution in [-0.2, 0) is 22.5 Å². The molecule has 32 heavy (non-hydrogen) atoms. The third-order valence-electron chi connectivity index (χ3n) is 6.71. The van der Waals surface area contributed by atoms with Crippen LogP contribution in [0.5, 0.6) is 5.75 Å². The van der Waals surface area contributed by atoms with E-state index in [2.05, 4.69) is 18.9 Å². The van der Waals surface area contributed by atoms with Crippen molar-refractivity contribution in [1.82, 2.24) is 9.80 Å². The number of benzene rings is 2. The Bertz CT molecular complexity index is 892. The summed E-state index contributed by atoms with van der Waals surface area (Å²) in [5.41, 5.74) is 1.71. The van der Waals surface area contributed by atoms with Crippen LogP contribution in [0, 0.1) is 5.82 Å². The monoisotopic (exact) mass is 440 g/mol. The molecule has 1 amide bonds. The number of halogens is 1. The molecule has 1 unspecified atom stereocenters. The Morgan fingerprint density at radius 3 is 2.38 bits per heavy atom. The minimum absolute atomic E-state index is 0.00738. The fraction of sp³-hybridized carbons (Fsp3) is 0.500. The van der Waals surface area contributed by atoms with Gasteiger partial charge in [-0.25, -0.2) is 4.39 Å². The van der Waals surface area contributed by atoms with Gasteiger partial charge in [-0.05, 0) is 68.1 Å². The van der Waals surface area contributed by atoms with E-state index in [1.807, 2.05) is 41.3 Å². The summed E-state index contributed by atoms with van der Waals surface area (Å²) in [6.45, 7) is 5.29. The summed E-state index contributed by atoms with van der Waals surface area (Å²) in [5.74, 6) is 0.604. The predicted octanol–water partition coefficient (Wildman–Crippen LogP) is 4.05. The maximum absolute atomic E-state index is 13.5. The first kappa shape index (κ1) is 22.7. The summed E-state index contributed by atoms with van der Waals surface area (Å²) >= 11 is 0. The quantitative estimate of drug-likeness (QED) is 0.652. The minimum atomic E-state index is -0.376. The summed E-state index contributed by atoms with van der Waals surface area (Å²) in [5, 5.41) is 0. The van der Waals surface area contributed by atoms with Gasteiger partial charge in [0.25, 0.3) is 0 Å². The smallest absolute Gasteiger partial charge is 0.249 e. The maximum Gasteiger partial charge on any atom is 0.249 e. The first-order valence-electron chi connectivity index (χ1n) is 11.6. The average Bonchev–Trinajstić information content (AvgIpc) is 2.81. The van der Waals surface area contributed by atoms with Gasteiger partial charge in [-0.15, -0.1) is 0 Å². The molecular formula is C26H33FN2O3. The van der Waals surface area contributed by atoms with E-state index in [1.54, 1.807) is 0 Å². The number of carbonyl (C=O) groups excluding carboxylic acids is 1. The number of likely N-dealkylation sites (tertiary alicyclic amines) is 1. The Hall–Kier alpha value is -2.44. The average molecular weight is 441 g/mol. The van der Waals surface area contributed by atoms with Gasteiger partial charge in [0.15, 0.2) is 0 Å². The molecule has 2 heterocycles. The van der Waals surface area contributed by atoms with E-state index < -0.39 is 0 Å². The normalized spacial score (nSPS) is 21.2. The Labute approximate surface area is 190 Å². The lowest BCUT2D eigenvalue weighted by molar-refractivity contribution is -0.189. The van der Waals surface area contributed by atoms with Gasteiger partial charge in [0.2, 0.25) is 5.91 Å². The van der Waals surface area contributed by atoms with Crippen molar-refractivity contribution < 1.29 is 18.7 Å². The van der Waals surface area contributed by atoms with E-state index in [1.165, 1.54) is 12.1 Å². The SMILES string of the molecule is CCCOc1ccc(CN2C(=O)COC3(CCN(C)CC3)C2Cc2ccc(F)cc2)cc1. The highest BCUT2D eigenvalue weighted by molar-refractivity contribution is 5.79. The minimum Gasteiger partial charge on any atom is -0.494 e. The summed E-state index contributed by atoms with van der Waals surface area (Å²) in [6.07, 6.45) is 3.37. The fourth-order valence-corrected chi connectivity index (χ4v) is 4.76. The van der Waals surface area contributed by atoms with E-state index in [9.17, 15) is 9.18 Å². The van der Waals surface area contributed by atoms with Crippen LogP contribution >= 0.6 is 0 Å². The lowest BCUT2D eigenvalue weighted by Crippen LogP contribution is -2.65. The number of morpholine rings is 1. The van der Waals surface area contributed by atoms with Crippen molar-refractivity contribution in [2.45, 2.75) is 50.8 Å². The first-order valence-corrected chi connectivity index (χ1v) is 11.6. The molecule has 1 atom stereocenters. The van der Waals surface area contributed by atoms with Crippen molar-refractivity contribution in [3.63, 3.8) is 0 Å². The molecule has 2 aromatic carbocycles. The second-order valence-corrected chi connectivity index (χ2v) is 9.02. The van der Waals surface area contributed by atoms with Crippen molar-refractivity contribution in [2.75, 3.05) is 33.4 Å². The van der Waals surface area contributed by atoms with Crippen LogP contribution in [-0.4, -0.2) is 60.7 Å². The van der Waals surface area contributed by atoms with Crippen LogP contribution in [0.1, 0.15) is 37.3 Å². The van der Waals surface area contributed by atoms with Crippen LogP contribution in [0.4, 0.5) is 4.39 Å². The van der Waals surface area contributed by atoms with Crippen molar-refractivity contribution >= 4 is 5.91 Å². The molecule has 0 saturated carbocycles. The van der Waals surface area contributed by atoms with E-state index in [0.29, 0.717) is 19.6 Å². The molecule has 5 nitrogen and oxygen atoms in total. The summed E-state index contributed by atoms with van der Waals surface area (Å²) in [7, 11) is 2.12. The van der Waals surface area contributed by atoms with Crippen LogP contribution in [0.25, 0.3) is 0 Å². The van der Waals surface area contributed by atoms with Crippen molar-refractivity contribution in [2.24, 2.45) is 0 Å². The zero-order valence-electron chi connectivity index (χ0n) is 19.1. The van der Waals surface area contributed by atoms with Gasteiger partial charge in [-0.2, -0.15) is 0 Å². The molecule has 6 heteroatoms. The molecule has 0 bridgehead atoms. The van der Waals surface area contributed by atoms with Crippen molar-refractivity contribution in [3.8, 4) is 5.75 Å². The molecule has 0 radical (unpaired) electrons. The predicted molar refractivity (Wildman–Crippen MR) is 122 cm³/mol. The summed E-state index contributed by atoms with van der Waals surface area (Å²) in [6, 6.07) is 14.5. The van der Waals surface area contributed by atoms with Crippen molar-refractivity contribution in [1.29, 1.82) is 0 Å². The Morgan fingerprint density at radius 2 is 1.72 bits per heavy atom. The highest BCUT2D eigenvalue weighted by Gasteiger charge is 2.49. The summed E-state index contributed by atoms with van der Waals surface area (Å²) in [4.78, 5) is 17.3. The van der Waals surface area contributed by atoms with E-state index in [0.717, 1.165) is 49.2 Å². The van der Waals surface area contributed by atoms with Gasteiger partial charge in [0.1, 0.15) is 18.2 Å². The fourth-order valence-electron chi connectivity index (χ4n) is 4.76. The van der Waals surface area contributed by atoms with Gasteiger partial charge in [0.05, 0.1) is 18.2 Å². The number of hydrogen-bond donors (Lipinski definition) is 0. The highest BCUT2D eigenvalue weighted by atomic mass is 19.1. The number of nitrogens with zero attached hydrogens (tertiary/aromatic N) is 2. The molecule has 2 aliphatic rings. The molecule has 0 aromatic heterocycles. The topological polar surface area (TPSA) is 42.0 Å². The highest BCUT2D eigenvalue weighted by Crippen LogP contribution is 2.38. The molecule has 2 fully saturated rings. The third-order valence-corrected chi connectivity index (χ3v) is 6.71. The lowest BCUT2D eigenvalue weighted by atomic mass is 9.79. The van der Waals surface area contributed by atoms with Gasteiger partial charge in [-0.3, -0.25) is 4.79 Å². The Kier molecular flexibility index (Phi) is 7.11. The molecule has 2 aliphatic heterocycles. The van der Waals surface area contributed by atoms with Crippen molar-refractivity contribution in [3.05, 3.63) is 65.5 Å². The van der Waals surface area contributed by atoms with Gasteiger partial charge in [-0.1, -0.05) is 31.2 Å². The standard InChI is InChI=1S/C26H33FN2O3/c1-3-16-31-23-10-6-21(7-11-23)18-29-24(17-20-4-8-22(27)9-5-20)26(32-19-25(29)30)12-14-28(2)15-13-26/h4-11,24H,3,12-19H2,1-2H3. The molecule has 0 N–H and O–H groups in total. The zero-order chi connectivity index (χ0) is 22.6. The molecule has 1 spiro atoms. The number of carbonyl (C=O) groups is 1. The van der Waals surface area contributed by atoms with Crippen LogP contribution in [0.3, 0.4) is 0 Å². The van der Waals surface area contributed by atoms with E-state index >= 15 is 0 Å². The Morgan fingerprint density at radius 1 is 1.06 bits per heavy atom. The number of ether oxygens (including phenoxy) is 2. The van der Waals surface area contributed by atoms with E-state index in [-0.39, 0.29) is 30.0 Å². The number of rotatable bonds is 7. The van der Waals surface area contributed by atoms with Crippen LogP contribution < -0.4 is 4.74 Å². The second kappa shape index (κ2) is 10.0. The van der Waals surface area contributed by atoms with Crippen LogP contribution in [0.2, 0.25) is 0 Å². The second-order valence-electron chi connectivity index (χ2n) is 9.02. The van der Waals surface area contributed by atoms with Gasteiger partial charge >= 0.3 is 0 Å². The molecule has 4 rings (SSSR count). The third kappa shape index (κ3) is 5.13. The van der Waals surface area contributed by atoms with Gasteiger partial charge in [0, 0.05) is 19.6 Å². The number of hydrogen-bond acceptors (Lipinski definition) is 4. The molecule has 2 aromatic rings. The molecule has 2 saturated heterocycles. The summed E-state index contributed by atoms with van der Waals surface area (Å²) < 4.78 is 25.5. The molecule has 0 aliphatic carbocycles.